The van der Waals surface area contributed by atoms with Gasteiger partial charge in [0, 0.05) is 31.4 Å². The van der Waals surface area contributed by atoms with Gasteiger partial charge in [-0.3, -0.25) is 9.59 Å². The Balaban J connectivity index is 1.83. The van der Waals surface area contributed by atoms with Gasteiger partial charge in [0.25, 0.3) is 5.91 Å². The molecule has 1 heterocycles. The van der Waals surface area contributed by atoms with Gasteiger partial charge < -0.3 is 24.8 Å². The average Bonchev–Trinajstić information content (AvgIpc) is 3.49. The van der Waals surface area contributed by atoms with Crippen molar-refractivity contribution in [2.45, 2.75) is 24.9 Å². The number of nitrogens with zero attached hydrogens (tertiary/aromatic N) is 2. The van der Waals surface area contributed by atoms with Crippen LogP contribution < -0.4 is 24.8 Å². The Bertz CT molecular complexity index is 769. The van der Waals surface area contributed by atoms with Crippen LogP contribution in [-0.4, -0.2) is 51.9 Å². The first kappa shape index (κ1) is 21.0. The van der Waals surface area contributed by atoms with E-state index < -0.39 is 11.6 Å². The lowest BCUT2D eigenvalue weighted by atomic mass is 10.0. The molecule has 0 atom stereocenters. The normalized spacial score (nSPS) is 13.2. The Kier molecular flexibility index (Phi) is 7.21. The number of hydrogen-bond acceptors (Lipinski definition) is 7. The van der Waals surface area contributed by atoms with Crippen LogP contribution in [0.3, 0.4) is 0 Å². The van der Waals surface area contributed by atoms with Crippen molar-refractivity contribution in [2.75, 3.05) is 34.4 Å². The van der Waals surface area contributed by atoms with E-state index in [0.717, 1.165) is 0 Å². The molecule has 28 heavy (non-hydrogen) atoms. The molecule has 150 valence electrons. The molecule has 1 aliphatic rings. The first-order valence-electron chi connectivity index (χ1n) is 8.71. The van der Waals surface area contributed by atoms with Crippen LogP contribution in [0.4, 0.5) is 0 Å². The number of ether oxygens (including phenoxy) is 3. The van der Waals surface area contributed by atoms with Crippen molar-refractivity contribution in [3.8, 4) is 29.6 Å². The molecule has 0 bridgehead atoms. The van der Waals surface area contributed by atoms with E-state index in [0.29, 0.717) is 43.1 Å². The van der Waals surface area contributed by atoms with Gasteiger partial charge in [-0.1, -0.05) is 0 Å². The Morgan fingerprint density at radius 3 is 2.21 bits per heavy atom. The highest BCUT2D eigenvalue weighted by molar-refractivity contribution is 5.97. The van der Waals surface area contributed by atoms with Crippen molar-refractivity contribution in [3.63, 3.8) is 0 Å². The van der Waals surface area contributed by atoms with Gasteiger partial charge in [0.2, 0.25) is 11.7 Å². The van der Waals surface area contributed by atoms with Crippen LogP contribution in [0.5, 0.6) is 17.2 Å². The van der Waals surface area contributed by atoms with Gasteiger partial charge in [-0.2, -0.15) is 10.2 Å². The molecule has 0 unspecified atom stereocenters. The molecule has 1 aromatic rings. The molecule has 0 radical (unpaired) electrons. The molecule has 1 aliphatic heterocycles. The molecule has 0 aromatic heterocycles. The SMILES string of the molecule is C#CCCC1(CCNC(=O)CNC(=O)c2cc(OC)c(OC)c(OC)c2)N=N1. The van der Waals surface area contributed by atoms with Gasteiger partial charge >= 0.3 is 0 Å². The Morgan fingerprint density at radius 1 is 1.07 bits per heavy atom. The third-order valence-electron chi connectivity index (χ3n) is 4.24. The molecular weight excluding hydrogens is 364 g/mol. The summed E-state index contributed by atoms with van der Waals surface area (Å²) in [6, 6.07) is 3.03. The minimum Gasteiger partial charge on any atom is -0.493 e. The fourth-order valence-corrected chi connectivity index (χ4v) is 2.61. The maximum Gasteiger partial charge on any atom is 0.251 e. The van der Waals surface area contributed by atoms with Gasteiger partial charge in [0.05, 0.1) is 27.9 Å². The summed E-state index contributed by atoms with van der Waals surface area (Å²) < 4.78 is 15.7. The lowest BCUT2D eigenvalue weighted by molar-refractivity contribution is -0.120. The second-order valence-corrected chi connectivity index (χ2v) is 6.08. The quantitative estimate of drug-likeness (QED) is 0.559. The van der Waals surface area contributed by atoms with E-state index in [1.165, 1.54) is 33.5 Å². The molecule has 0 aliphatic carbocycles. The van der Waals surface area contributed by atoms with E-state index in [9.17, 15) is 9.59 Å². The van der Waals surface area contributed by atoms with Gasteiger partial charge in [0.1, 0.15) is 0 Å². The molecular formula is C19H24N4O5. The van der Waals surface area contributed by atoms with Crippen LogP contribution in [0, 0.1) is 12.3 Å². The summed E-state index contributed by atoms with van der Waals surface area (Å²) in [6.45, 7) is 0.234. The molecule has 2 N–H and O–H groups in total. The van der Waals surface area contributed by atoms with Crippen LogP contribution in [0.15, 0.2) is 22.4 Å². The highest BCUT2D eigenvalue weighted by Gasteiger charge is 2.38. The third-order valence-corrected chi connectivity index (χ3v) is 4.24. The minimum absolute atomic E-state index is 0.166. The number of rotatable bonds is 11. The molecule has 2 rings (SSSR count). The highest BCUT2D eigenvalue weighted by atomic mass is 16.5. The summed E-state index contributed by atoms with van der Waals surface area (Å²) >= 11 is 0. The van der Waals surface area contributed by atoms with E-state index in [1.54, 1.807) is 0 Å². The van der Waals surface area contributed by atoms with E-state index in [1.807, 2.05) is 0 Å². The topological polar surface area (TPSA) is 111 Å². The number of amides is 2. The summed E-state index contributed by atoms with van der Waals surface area (Å²) in [7, 11) is 4.39. The summed E-state index contributed by atoms with van der Waals surface area (Å²) in [4.78, 5) is 24.3. The molecule has 0 spiro atoms. The lowest BCUT2D eigenvalue weighted by Crippen LogP contribution is -2.38. The molecule has 2 amide bonds. The summed E-state index contributed by atoms with van der Waals surface area (Å²) in [5.74, 6) is 2.89. The van der Waals surface area contributed by atoms with Crippen LogP contribution in [0.25, 0.3) is 0 Å². The second kappa shape index (κ2) is 9.60. The number of hydrogen-bond donors (Lipinski definition) is 2. The number of carbonyl (C=O) groups excluding carboxylic acids is 2. The van der Waals surface area contributed by atoms with Crippen molar-refractivity contribution in [2.24, 2.45) is 10.2 Å². The second-order valence-electron chi connectivity index (χ2n) is 6.08. The van der Waals surface area contributed by atoms with Crippen molar-refractivity contribution >= 4 is 11.8 Å². The van der Waals surface area contributed by atoms with Crippen LogP contribution in [0.2, 0.25) is 0 Å². The Labute approximate surface area is 163 Å². The average molecular weight is 388 g/mol. The van der Waals surface area contributed by atoms with Crippen LogP contribution in [0.1, 0.15) is 29.6 Å². The number of nitrogens with one attached hydrogen (secondary N) is 2. The van der Waals surface area contributed by atoms with Gasteiger partial charge in [-0.05, 0) is 12.1 Å². The molecule has 0 fully saturated rings. The Hall–Kier alpha value is -3.28. The number of terminal acetylenes is 1. The van der Waals surface area contributed by atoms with Crippen LogP contribution in [-0.2, 0) is 4.79 Å². The first-order chi connectivity index (χ1) is 13.5. The zero-order valence-corrected chi connectivity index (χ0v) is 16.2. The standard InChI is InChI=1S/C19H24N4O5/c1-5-6-7-19(22-23-19)8-9-20-16(24)12-21-18(25)13-10-14(26-2)17(28-4)15(11-13)27-3/h1,10-11H,6-9,12H2,2-4H3,(H,20,24)(H,21,25). The van der Waals surface area contributed by atoms with Crippen molar-refractivity contribution in [1.82, 2.24) is 10.6 Å². The largest absolute Gasteiger partial charge is 0.493 e. The van der Waals surface area contributed by atoms with E-state index in [2.05, 4.69) is 26.8 Å². The molecule has 9 heteroatoms. The predicted octanol–water partition coefficient (Wildman–Crippen LogP) is 1.52. The smallest absolute Gasteiger partial charge is 0.251 e. The molecule has 1 aromatic carbocycles. The van der Waals surface area contributed by atoms with E-state index in [4.69, 9.17) is 20.6 Å². The number of methoxy groups -OCH3 is 3. The van der Waals surface area contributed by atoms with E-state index in [-0.39, 0.29) is 18.0 Å². The molecule has 0 saturated carbocycles. The highest BCUT2D eigenvalue weighted by Crippen LogP contribution is 2.38. The maximum atomic E-state index is 12.4. The van der Waals surface area contributed by atoms with Crippen molar-refractivity contribution in [1.29, 1.82) is 0 Å². The summed E-state index contributed by atoms with van der Waals surface area (Å²) in [5, 5.41) is 13.3. The molecule has 0 saturated heterocycles. The minimum atomic E-state index is -0.445. The Morgan fingerprint density at radius 2 is 1.71 bits per heavy atom. The van der Waals surface area contributed by atoms with Gasteiger partial charge in [-0.25, -0.2) is 0 Å². The monoisotopic (exact) mass is 388 g/mol. The summed E-state index contributed by atoms with van der Waals surface area (Å²) in [6.07, 6.45) is 7.09. The third kappa shape index (κ3) is 5.36. The zero-order chi connectivity index (χ0) is 20.6. The van der Waals surface area contributed by atoms with Crippen molar-refractivity contribution in [3.05, 3.63) is 17.7 Å². The number of benzene rings is 1. The van der Waals surface area contributed by atoms with Gasteiger partial charge in [0.15, 0.2) is 17.2 Å². The maximum absolute atomic E-state index is 12.4. The summed E-state index contributed by atoms with van der Waals surface area (Å²) in [5.41, 5.74) is -0.162. The number of carbonyl (C=O) groups is 2. The first-order valence-corrected chi connectivity index (χ1v) is 8.71. The fraction of sp³-hybridized carbons (Fsp3) is 0.474. The lowest BCUT2D eigenvalue weighted by Gasteiger charge is -2.14. The van der Waals surface area contributed by atoms with E-state index >= 15 is 0 Å². The molecule has 9 nitrogen and oxygen atoms in total. The zero-order valence-electron chi connectivity index (χ0n) is 16.2. The predicted molar refractivity (Wildman–Crippen MR) is 102 cm³/mol. The van der Waals surface area contributed by atoms with Crippen molar-refractivity contribution < 1.29 is 23.8 Å². The fourth-order valence-electron chi connectivity index (χ4n) is 2.61. The van der Waals surface area contributed by atoms with Gasteiger partial charge in [-0.15, -0.1) is 12.3 Å². The van der Waals surface area contributed by atoms with Crippen LogP contribution >= 0.6 is 0 Å².